The van der Waals surface area contributed by atoms with Crippen molar-refractivity contribution in [2.45, 2.75) is 31.7 Å². The summed E-state index contributed by atoms with van der Waals surface area (Å²) < 4.78 is 13.1. The first-order chi connectivity index (χ1) is 17.1. The van der Waals surface area contributed by atoms with Crippen LogP contribution in [0.15, 0.2) is 29.9 Å². The predicted molar refractivity (Wildman–Crippen MR) is 131 cm³/mol. The number of ketones is 1. The number of nitrogens with zero attached hydrogens (tertiary/aromatic N) is 5. The summed E-state index contributed by atoms with van der Waals surface area (Å²) in [5.41, 5.74) is 1.81. The zero-order valence-electron chi connectivity index (χ0n) is 19.6. The SMILES string of the molecule is CN1CCC(n2cc3c(n2)C(=O)CCCOCCOc2cc(ccn2)-c2nc(cs2)C(=O)N3)CC1. The van der Waals surface area contributed by atoms with E-state index in [4.69, 9.17) is 9.47 Å². The highest BCUT2D eigenvalue weighted by atomic mass is 32.1. The molecular formula is C24H28N6O4S. The van der Waals surface area contributed by atoms with Gasteiger partial charge < -0.3 is 19.7 Å². The van der Waals surface area contributed by atoms with Crippen molar-refractivity contribution in [1.82, 2.24) is 24.6 Å². The van der Waals surface area contributed by atoms with Crippen molar-refractivity contribution in [3.8, 4) is 16.5 Å². The molecule has 184 valence electrons. The van der Waals surface area contributed by atoms with Gasteiger partial charge in [-0.3, -0.25) is 14.3 Å². The lowest BCUT2D eigenvalue weighted by atomic mass is 10.1. The Kier molecular flexibility index (Phi) is 7.16. The Hall–Kier alpha value is -3.15. The minimum absolute atomic E-state index is 0.119. The zero-order valence-corrected chi connectivity index (χ0v) is 20.4. The van der Waals surface area contributed by atoms with Gasteiger partial charge in [-0.1, -0.05) is 0 Å². The maximum Gasteiger partial charge on any atom is 0.275 e. The van der Waals surface area contributed by atoms with Gasteiger partial charge in [0.2, 0.25) is 5.88 Å². The van der Waals surface area contributed by atoms with E-state index in [1.165, 1.54) is 11.3 Å². The molecular weight excluding hydrogens is 468 g/mol. The Balaban J connectivity index is 1.43. The Morgan fingerprint density at radius 2 is 2.03 bits per heavy atom. The number of ether oxygens (including phenoxy) is 2. The average molecular weight is 497 g/mol. The molecule has 11 heteroatoms. The van der Waals surface area contributed by atoms with Crippen LogP contribution in [0.3, 0.4) is 0 Å². The molecule has 0 aromatic carbocycles. The monoisotopic (exact) mass is 496 g/mol. The molecule has 2 aliphatic rings. The van der Waals surface area contributed by atoms with Gasteiger partial charge in [0.15, 0.2) is 11.5 Å². The number of rotatable bonds is 1. The summed E-state index contributed by atoms with van der Waals surface area (Å²) in [6, 6.07) is 3.82. The zero-order chi connectivity index (χ0) is 24.2. The minimum atomic E-state index is -0.376. The van der Waals surface area contributed by atoms with Crippen LogP contribution in [0.2, 0.25) is 0 Å². The van der Waals surface area contributed by atoms with Gasteiger partial charge in [-0.25, -0.2) is 9.97 Å². The summed E-state index contributed by atoms with van der Waals surface area (Å²) in [6.07, 6.45) is 6.15. The van der Waals surface area contributed by atoms with Gasteiger partial charge in [0.1, 0.15) is 17.3 Å². The number of hydrogen-bond acceptors (Lipinski definition) is 9. The number of amides is 1. The molecule has 0 atom stereocenters. The lowest BCUT2D eigenvalue weighted by Crippen LogP contribution is -2.31. The number of nitrogens with one attached hydrogen (secondary N) is 1. The van der Waals surface area contributed by atoms with Crippen molar-refractivity contribution in [2.24, 2.45) is 0 Å². The molecule has 1 fully saturated rings. The molecule has 0 radical (unpaired) electrons. The van der Waals surface area contributed by atoms with E-state index in [-0.39, 0.29) is 35.5 Å². The quantitative estimate of drug-likeness (QED) is 0.546. The number of carbonyl (C=O) groups excluding carboxylic acids is 2. The van der Waals surface area contributed by atoms with Crippen LogP contribution in [0.1, 0.15) is 52.7 Å². The third kappa shape index (κ3) is 5.58. The minimum Gasteiger partial charge on any atom is -0.475 e. The van der Waals surface area contributed by atoms with E-state index in [0.29, 0.717) is 42.8 Å². The molecule has 0 spiro atoms. The van der Waals surface area contributed by atoms with Crippen LogP contribution in [0.4, 0.5) is 5.69 Å². The molecule has 4 bridgehead atoms. The Morgan fingerprint density at radius 3 is 2.89 bits per heavy atom. The van der Waals surface area contributed by atoms with Crippen LogP contribution in [0.25, 0.3) is 10.6 Å². The largest absolute Gasteiger partial charge is 0.475 e. The topological polar surface area (TPSA) is 111 Å². The van der Waals surface area contributed by atoms with Gasteiger partial charge in [0, 0.05) is 42.4 Å². The van der Waals surface area contributed by atoms with E-state index in [1.807, 2.05) is 10.7 Å². The fraction of sp³-hybridized carbons (Fsp3) is 0.458. The van der Waals surface area contributed by atoms with Crippen molar-refractivity contribution < 1.29 is 19.1 Å². The number of Topliss-reactive ketones (excluding diaryl/α,β-unsaturated/α-hetero) is 1. The maximum absolute atomic E-state index is 13.1. The number of carbonyl (C=O) groups is 2. The van der Waals surface area contributed by atoms with Crippen molar-refractivity contribution in [3.63, 3.8) is 0 Å². The molecule has 5 rings (SSSR count). The summed E-state index contributed by atoms with van der Waals surface area (Å²) in [6.45, 7) is 3.11. The maximum atomic E-state index is 13.1. The number of aromatic nitrogens is 4. The highest BCUT2D eigenvalue weighted by Crippen LogP contribution is 2.28. The first-order valence-electron chi connectivity index (χ1n) is 11.8. The molecule has 0 saturated carbocycles. The molecule has 1 N–H and O–H groups in total. The van der Waals surface area contributed by atoms with Gasteiger partial charge in [-0.05, 0) is 45.5 Å². The molecule has 1 amide bonds. The summed E-state index contributed by atoms with van der Waals surface area (Å²) in [7, 11) is 2.10. The number of fused-ring (bicyclic) bond motifs is 6. The van der Waals surface area contributed by atoms with Crippen LogP contribution in [-0.2, 0) is 4.74 Å². The number of thiazole rings is 1. The summed E-state index contributed by atoms with van der Waals surface area (Å²) >= 11 is 1.36. The third-order valence-corrected chi connectivity index (χ3v) is 7.09. The Labute approximate surface area is 207 Å². The van der Waals surface area contributed by atoms with E-state index >= 15 is 0 Å². The highest BCUT2D eigenvalue weighted by Gasteiger charge is 2.25. The molecule has 0 aliphatic carbocycles. The van der Waals surface area contributed by atoms with Crippen LogP contribution >= 0.6 is 11.3 Å². The fourth-order valence-electron chi connectivity index (χ4n) is 4.21. The summed E-state index contributed by atoms with van der Waals surface area (Å²) in [5.74, 6) is -0.0277. The van der Waals surface area contributed by atoms with Crippen LogP contribution in [0, 0.1) is 0 Å². The van der Waals surface area contributed by atoms with Crippen LogP contribution < -0.4 is 10.1 Å². The predicted octanol–water partition coefficient (Wildman–Crippen LogP) is 3.29. The highest BCUT2D eigenvalue weighted by molar-refractivity contribution is 7.13. The van der Waals surface area contributed by atoms with Crippen LogP contribution in [0.5, 0.6) is 5.88 Å². The van der Waals surface area contributed by atoms with Gasteiger partial charge in [-0.15, -0.1) is 11.3 Å². The number of likely N-dealkylation sites (tertiary alicyclic amines) is 1. The van der Waals surface area contributed by atoms with Gasteiger partial charge in [0.25, 0.3) is 5.91 Å². The van der Waals surface area contributed by atoms with Crippen LogP contribution in [-0.4, -0.2) is 76.3 Å². The van der Waals surface area contributed by atoms with Crippen molar-refractivity contribution in [2.75, 3.05) is 45.3 Å². The second-order valence-corrected chi connectivity index (χ2v) is 9.63. The lowest BCUT2D eigenvalue weighted by molar-refractivity contribution is 0.0861. The van der Waals surface area contributed by atoms with Crippen molar-refractivity contribution >= 4 is 28.7 Å². The standard InChI is InChI=1S/C24H28N6O4S/c1-29-8-5-17(6-9-29)30-14-18-22(28-30)20(31)3-2-10-33-11-12-34-21-13-16(4-7-25-21)24-27-19(15-35-24)23(32)26-18/h4,7,13-15,17H,2-3,5-6,8-12H2,1H3,(H,26,32). The Morgan fingerprint density at radius 1 is 1.17 bits per heavy atom. The smallest absolute Gasteiger partial charge is 0.275 e. The van der Waals surface area contributed by atoms with Gasteiger partial charge >= 0.3 is 0 Å². The lowest BCUT2D eigenvalue weighted by Gasteiger charge is -2.28. The van der Waals surface area contributed by atoms with E-state index < -0.39 is 0 Å². The van der Waals surface area contributed by atoms with E-state index in [2.05, 4.69) is 32.3 Å². The van der Waals surface area contributed by atoms with Crippen molar-refractivity contribution in [1.29, 1.82) is 0 Å². The number of piperidine rings is 1. The summed E-state index contributed by atoms with van der Waals surface area (Å²) in [4.78, 5) is 37.1. The molecule has 0 unspecified atom stereocenters. The number of hydrogen-bond donors (Lipinski definition) is 1. The normalized spacial score (nSPS) is 18.8. The summed E-state index contributed by atoms with van der Waals surface area (Å²) in [5, 5.41) is 9.90. The second-order valence-electron chi connectivity index (χ2n) is 8.77. The second kappa shape index (κ2) is 10.6. The molecule has 2 aliphatic heterocycles. The first kappa shape index (κ1) is 23.6. The molecule has 1 saturated heterocycles. The van der Waals surface area contributed by atoms with E-state index in [9.17, 15) is 9.59 Å². The Bertz CT molecular complexity index is 1200. The average Bonchev–Trinajstić information content (AvgIpc) is 3.52. The first-order valence-corrected chi connectivity index (χ1v) is 12.7. The molecule has 3 aromatic rings. The molecule has 10 nitrogen and oxygen atoms in total. The molecule has 35 heavy (non-hydrogen) atoms. The number of pyridine rings is 1. The van der Waals surface area contributed by atoms with Gasteiger partial charge in [-0.2, -0.15) is 5.10 Å². The third-order valence-electron chi connectivity index (χ3n) is 6.20. The molecule has 5 heterocycles. The van der Waals surface area contributed by atoms with E-state index in [1.54, 1.807) is 23.8 Å². The van der Waals surface area contributed by atoms with E-state index in [0.717, 1.165) is 31.5 Å². The molecule has 3 aromatic heterocycles. The van der Waals surface area contributed by atoms with Crippen molar-refractivity contribution in [3.05, 3.63) is 41.3 Å². The van der Waals surface area contributed by atoms with Gasteiger partial charge in [0.05, 0.1) is 18.3 Å². The fourth-order valence-corrected chi connectivity index (χ4v) is 5.01. The number of anilines is 1.